The molecule has 0 aliphatic rings. The molecule has 2 aromatic heterocycles. The molecule has 7 nitrogen and oxygen atoms in total. The van der Waals surface area contributed by atoms with Gasteiger partial charge in [0.15, 0.2) is 5.69 Å². The number of hydrogen-bond donors (Lipinski definition) is 1. The van der Waals surface area contributed by atoms with Gasteiger partial charge in [0.1, 0.15) is 11.6 Å². The Labute approximate surface area is 188 Å². The molecule has 0 amide bonds. The minimum absolute atomic E-state index is 0.0157. The predicted octanol–water partition coefficient (Wildman–Crippen LogP) is 4.97. The summed E-state index contributed by atoms with van der Waals surface area (Å²) in [5.74, 6) is -1.12. The molecule has 0 bridgehead atoms. The normalized spacial score (nSPS) is 11.3. The number of para-hydroxylation sites is 1. The van der Waals surface area contributed by atoms with Crippen LogP contribution in [0, 0.1) is 11.3 Å². The Hall–Kier alpha value is -4.15. The van der Waals surface area contributed by atoms with E-state index in [1.807, 2.05) is 36.4 Å². The summed E-state index contributed by atoms with van der Waals surface area (Å²) in [5.41, 5.74) is 1.91. The average molecular weight is 445 g/mol. The van der Waals surface area contributed by atoms with Gasteiger partial charge in [-0.2, -0.15) is 10.4 Å². The molecule has 4 aromatic rings. The van der Waals surface area contributed by atoms with Crippen molar-refractivity contribution in [3.05, 3.63) is 88.3 Å². The zero-order valence-electron chi connectivity index (χ0n) is 17.0. The fraction of sp³-hybridized carbons (Fsp3) is 0.0833. The molecule has 8 heteroatoms. The number of halogens is 1. The van der Waals surface area contributed by atoms with Gasteiger partial charge in [-0.05, 0) is 37.3 Å². The molecule has 32 heavy (non-hydrogen) atoms. The number of H-pyrrole nitrogens is 1. The van der Waals surface area contributed by atoms with Gasteiger partial charge >= 0.3 is 5.97 Å². The summed E-state index contributed by atoms with van der Waals surface area (Å²) >= 11 is 6.01. The van der Waals surface area contributed by atoms with Crippen molar-refractivity contribution in [2.24, 2.45) is 0 Å². The number of benzene rings is 2. The fourth-order valence-electron chi connectivity index (χ4n) is 3.30. The number of ketones is 1. The first-order valence-corrected chi connectivity index (χ1v) is 10.1. The summed E-state index contributed by atoms with van der Waals surface area (Å²) < 4.78 is 6.61. The van der Waals surface area contributed by atoms with Crippen molar-refractivity contribution >= 4 is 40.3 Å². The van der Waals surface area contributed by atoms with Crippen molar-refractivity contribution in [3.63, 3.8) is 0 Å². The van der Waals surface area contributed by atoms with E-state index in [0.717, 1.165) is 5.69 Å². The highest BCUT2D eigenvalue weighted by Crippen LogP contribution is 2.25. The third-order valence-corrected chi connectivity index (χ3v) is 5.02. The number of ether oxygens (including phenoxy) is 1. The van der Waals surface area contributed by atoms with Crippen molar-refractivity contribution in [2.75, 3.05) is 6.61 Å². The van der Waals surface area contributed by atoms with E-state index in [-0.39, 0.29) is 17.9 Å². The molecular formula is C24H17ClN4O3. The van der Waals surface area contributed by atoms with Gasteiger partial charge in [0.25, 0.3) is 0 Å². The van der Waals surface area contributed by atoms with Crippen molar-refractivity contribution in [1.82, 2.24) is 14.8 Å². The molecule has 0 radical (unpaired) electrons. The number of aromatic nitrogens is 3. The molecule has 0 fully saturated rings. The van der Waals surface area contributed by atoms with Crippen LogP contribution in [-0.4, -0.2) is 33.1 Å². The fourth-order valence-corrected chi connectivity index (χ4v) is 3.47. The molecule has 1 N–H and O–H groups in total. The molecule has 0 aliphatic carbocycles. The summed E-state index contributed by atoms with van der Waals surface area (Å²) in [6.45, 7) is 1.86. The zero-order valence-corrected chi connectivity index (χ0v) is 17.8. The van der Waals surface area contributed by atoms with Gasteiger partial charge in [-0.1, -0.05) is 35.9 Å². The summed E-state index contributed by atoms with van der Waals surface area (Å²) in [5, 5.41) is 15.2. The van der Waals surface area contributed by atoms with Crippen LogP contribution in [0.15, 0.2) is 66.5 Å². The van der Waals surface area contributed by atoms with Crippen LogP contribution in [0.25, 0.3) is 22.7 Å². The second-order valence-electron chi connectivity index (χ2n) is 6.82. The number of esters is 1. The third-order valence-electron chi connectivity index (χ3n) is 4.79. The lowest BCUT2D eigenvalue weighted by molar-refractivity contribution is 0.0518. The maximum atomic E-state index is 13.1. The smallest absolute Gasteiger partial charge is 0.359 e. The topological polar surface area (TPSA) is 101 Å². The number of carbonyl (C=O) groups is 2. The van der Waals surface area contributed by atoms with E-state index < -0.39 is 11.8 Å². The maximum absolute atomic E-state index is 13.1. The van der Waals surface area contributed by atoms with E-state index in [2.05, 4.69) is 10.1 Å². The number of aromatic amines is 1. The van der Waals surface area contributed by atoms with Crippen LogP contribution in [-0.2, 0) is 4.74 Å². The van der Waals surface area contributed by atoms with E-state index >= 15 is 0 Å². The Balaban J connectivity index is 1.79. The first-order chi connectivity index (χ1) is 15.5. The quantitative estimate of drug-likeness (QED) is 0.196. The summed E-state index contributed by atoms with van der Waals surface area (Å²) in [7, 11) is 0. The number of carbonyl (C=O) groups excluding carboxylic acids is 2. The Morgan fingerprint density at radius 1 is 1.25 bits per heavy atom. The number of nitriles is 1. The zero-order chi connectivity index (χ0) is 22.7. The van der Waals surface area contributed by atoms with Crippen molar-refractivity contribution in [2.45, 2.75) is 6.92 Å². The lowest BCUT2D eigenvalue weighted by Crippen LogP contribution is -2.08. The lowest BCUT2D eigenvalue weighted by atomic mass is 10.0. The van der Waals surface area contributed by atoms with E-state index in [4.69, 9.17) is 16.3 Å². The van der Waals surface area contributed by atoms with E-state index in [1.165, 1.54) is 17.0 Å². The first kappa shape index (κ1) is 21.1. The van der Waals surface area contributed by atoms with E-state index in [1.54, 1.807) is 31.3 Å². The molecule has 0 atom stereocenters. The number of nitrogens with one attached hydrogen (secondary N) is 1. The van der Waals surface area contributed by atoms with Gasteiger partial charge < -0.3 is 9.72 Å². The van der Waals surface area contributed by atoms with E-state index in [9.17, 15) is 14.9 Å². The maximum Gasteiger partial charge on any atom is 0.359 e. The third kappa shape index (κ3) is 4.04. The molecule has 4 rings (SSSR count). The molecule has 0 unspecified atom stereocenters. The van der Waals surface area contributed by atoms with Gasteiger partial charge in [-0.3, -0.25) is 4.79 Å². The highest BCUT2D eigenvalue weighted by molar-refractivity contribution is 6.31. The van der Waals surface area contributed by atoms with Gasteiger partial charge in [0, 0.05) is 39.4 Å². The van der Waals surface area contributed by atoms with Crippen molar-refractivity contribution in [3.8, 4) is 11.8 Å². The largest absolute Gasteiger partial charge is 0.461 e. The number of allylic oxidation sites excluding steroid dienone is 1. The summed E-state index contributed by atoms with van der Waals surface area (Å²) in [6, 6.07) is 16.2. The standard InChI is InChI=1S/C24H17ClN4O3/c1-2-32-24(31)22-16(14-29(28-22)18-6-4-3-5-7-18)10-15(12-26)23(30)20-13-27-21-11-17(25)8-9-19(20)21/h3-11,13-14,27H,2H2,1H3/b15-10-. The first-order valence-electron chi connectivity index (χ1n) is 9.77. The van der Waals surface area contributed by atoms with E-state index in [0.29, 0.717) is 27.1 Å². The molecule has 0 saturated heterocycles. The second kappa shape index (κ2) is 8.92. The Kier molecular flexibility index (Phi) is 5.88. The monoisotopic (exact) mass is 444 g/mol. The van der Waals surface area contributed by atoms with Crippen LogP contribution < -0.4 is 0 Å². The minimum Gasteiger partial charge on any atom is -0.461 e. The number of hydrogen-bond acceptors (Lipinski definition) is 5. The predicted molar refractivity (Wildman–Crippen MR) is 121 cm³/mol. The highest BCUT2D eigenvalue weighted by Gasteiger charge is 2.21. The molecule has 158 valence electrons. The molecule has 0 aliphatic heterocycles. The molecular weight excluding hydrogens is 428 g/mol. The number of nitrogens with zero attached hydrogens (tertiary/aromatic N) is 3. The molecule has 2 heterocycles. The number of fused-ring (bicyclic) bond motifs is 1. The van der Waals surface area contributed by atoms with Crippen LogP contribution >= 0.6 is 11.6 Å². The highest BCUT2D eigenvalue weighted by atomic mass is 35.5. The van der Waals surface area contributed by atoms with Crippen molar-refractivity contribution < 1.29 is 14.3 Å². The minimum atomic E-state index is -0.639. The van der Waals surface area contributed by atoms with Crippen LogP contribution in [0.1, 0.15) is 33.3 Å². The number of Topliss-reactive ketones (excluding diaryl/α,β-unsaturated/α-hetero) is 1. The van der Waals surface area contributed by atoms with Crippen molar-refractivity contribution in [1.29, 1.82) is 5.26 Å². The van der Waals surface area contributed by atoms with Crippen LogP contribution in [0.4, 0.5) is 0 Å². The van der Waals surface area contributed by atoms with Crippen LogP contribution in [0.5, 0.6) is 0 Å². The van der Waals surface area contributed by atoms with Crippen LogP contribution in [0.2, 0.25) is 5.02 Å². The SMILES string of the molecule is CCOC(=O)c1nn(-c2ccccc2)cc1/C=C(/C#N)C(=O)c1c[nH]c2cc(Cl)ccc12. The second-order valence-corrected chi connectivity index (χ2v) is 7.26. The summed E-state index contributed by atoms with van der Waals surface area (Å²) in [4.78, 5) is 28.6. The number of rotatable bonds is 6. The Morgan fingerprint density at radius 3 is 2.75 bits per heavy atom. The van der Waals surface area contributed by atoms with Crippen LogP contribution in [0.3, 0.4) is 0 Å². The van der Waals surface area contributed by atoms with Gasteiger partial charge in [-0.15, -0.1) is 0 Å². The molecule has 0 spiro atoms. The average Bonchev–Trinajstić information content (AvgIpc) is 3.42. The van der Waals surface area contributed by atoms with Gasteiger partial charge in [0.05, 0.1) is 12.3 Å². The molecule has 0 saturated carbocycles. The molecule has 2 aromatic carbocycles. The van der Waals surface area contributed by atoms with Gasteiger partial charge in [0.2, 0.25) is 5.78 Å². The Bertz CT molecular complexity index is 1390. The lowest BCUT2D eigenvalue weighted by Gasteiger charge is -2.01. The van der Waals surface area contributed by atoms with Gasteiger partial charge in [-0.25, -0.2) is 9.48 Å². The Morgan fingerprint density at radius 2 is 2.03 bits per heavy atom. The summed E-state index contributed by atoms with van der Waals surface area (Å²) in [6.07, 6.45) is 4.48.